The number of carbonyl (C=O) groups excluding carboxylic acids is 1. The fourth-order valence-electron chi connectivity index (χ4n) is 0.297. The average molecular weight is 127 g/mol. The van der Waals surface area contributed by atoms with Crippen LogP contribution in [-0.2, 0) is 9.53 Å². The molecule has 0 rings (SSSR count). The third kappa shape index (κ3) is 6.92. The van der Waals surface area contributed by atoms with Crippen LogP contribution in [0.2, 0.25) is 0 Å². The molecule has 0 fully saturated rings. The average Bonchev–Trinajstić information content (AvgIpc) is 1.89. The van der Waals surface area contributed by atoms with E-state index in [9.17, 15) is 4.79 Å². The third-order valence-electron chi connectivity index (χ3n) is 0.620. The van der Waals surface area contributed by atoms with Gasteiger partial charge in [-0.2, -0.15) is 0 Å². The molecule has 0 N–H and O–H groups in total. The summed E-state index contributed by atoms with van der Waals surface area (Å²) >= 11 is 0. The molecule has 0 radical (unpaired) electrons. The summed E-state index contributed by atoms with van der Waals surface area (Å²) < 4.78 is 4.81. The summed E-state index contributed by atoms with van der Waals surface area (Å²) in [4.78, 5) is 12.7. The van der Waals surface area contributed by atoms with Crippen LogP contribution in [0.3, 0.4) is 0 Å². The van der Waals surface area contributed by atoms with E-state index >= 15 is 0 Å². The topological polar surface area (TPSA) is 38.7 Å². The number of hydrogen-bond donors (Lipinski definition) is 0. The van der Waals surface area contributed by atoms with Gasteiger partial charge in [0.15, 0.2) is 0 Å². The summed E-state index contributed by atoms with van der Waals surface area (Å²) in [7, 11) is 0. The third-order valence-corrected chi connectivity index (χ3v) is 0.620. The zero-order valence-electron chi connectivity index (χ0n) is 5.33. The predicted molar refractivity (Wildman–Crippen MR) is 33.8 cm³/mol. The van der Waals surface area contributed by atoms with Crippen molar-refractivity contribution in [1.82, 2.24) is 0 Å². The van der Waals surface area contributed by atoms with Crippen LogP contribution < -0.4 is 0 Å². The number of ether oxygens (including phenoxy) is 1. The van der Waals surface area contributed by atoms with Crippen LogP contribution in [-0.4, -0.2) is 19.2 Å². The van der Waals surface area contributed by atoms with E-state index in [0.29, 0.717) is 13.2 Å². The molecule has 3 nitrogen and oxygen atoms in total. The maximum Gasteiger partial charge on any atom is 0.235 e. The molecule has 0 aromatic carbocycles. The molecular formula is C6H9NO2. The molecule has 0 saturated heterocycles. The van der Waals surface area contributed by atoms with E-state index in [1.54, 1.807) is 6.08 Å². The van der Waals surface area contributed by atoms with Crippen LogP contribution >= 0.6 is 0 Å². The van der Waals surface area contributed by atoms with E-state index in [0.717, 1.165) is 0 Å². The van der Waals surface area contributed by atoms with E-state index in [-0.39, 0.29) is 0 Å². The smallest absolute Gasteiger partial charge is 0.235 e. The van der Waals surface area contributed by atoms with Gasteiger partial charge in [0.1, 0.15) is 0 Å². The highest BCUT2D eigenvalue weighted by Gasteiger charge is 1.69. The van der Waals surface area contributed by atoms with Gasteiger partial charge >= 0.3 is 0 Å². The SMILES string of the molecule is CCOC=CCN=C=O. The molecule has 50 valence electrons. The van der Waals surface area contributed by atoms with Crippen molar-refractivity contribution in [2.45, 2.75) is 6.92 Å². The zero-order valence-corrected chi connectivity index (χ0v) is 5.33. The Morgan fingerprint density at radius 2 is 2.56 bits per heavy atom. The number of hydrogen-bond acceptors (Lipinski definition) is 3. The minimum absolute atomic E-state index is 0.351. The van der Waals surface area contributed by atoms with Gasteiger partial charge in [0.25, 0.3) is 0 Å². The molecule has 0 bridgehead atoms. The van der Waals surface area contributed by atoms with Crippen LogP contribution in [0, 0.1) is 0 Å². The van der Waals surface area contributed by atoms with Gasteiger partial charge in [0.2, 0.25) is 6.08 Å². The van der Waals surface area contributed by atoms with Crippen molar-refractivity contribution in [2.75, 3.05) is 13.2 Å². The summed E-state index contributed by atoms with van der Waals surface area (Å²) in [6.45, 7) is 2.87. The lowest BCUT2D eigenvalue weighted by Crippen LogP contribution is -1.77. The van der Waals surface area contributed by atoms with Gasteiger partial charge in [-0.05, 0) is 13.0 Å². The van der Waals surface area contributed by atoms with Gasteiger partial charge < -0.3 is 4.74 Å². The van der Waals surface area contributed by atoms with Crippen molar-refractivity contribution >= 4 is 6.08 Å². The molecule has 0 aliphatic rings. The summed E-state index contributed by atoms with van der Waals surface area (Å²) in [5.74, 6) is 0. The minimum Gasteiger partial charge on any atom is -0.502 e. The maximum absolute atomic E-state index is 9.47. The highest BCUT2D eigenvalue weighted by atomic mass is 16.5. The normalized spacial score (nSPS) is 9.00. The van der Waals surface area contributed by atoms with Crippen LogP contribution in [0.25, 0.3) is 0 Å². The van der Waals surface area contributed by atoms with Crippen molar-refractivity contribution < 1.29 is 9.53 Å². The first-order valence-corrected chi connectivity index (χ1v) is 2.72. The number of isocyanates is 1. The van der Waals surface area contributed by atoms with Crippen LogP contribution in [0.4, 0.5) is 0 Å². The fourth-order valence-corrected chi connectivity index (χ4v) is 0.297. The Hall–Kier alpha value is -1.08. The quantitative estimate of drug-likeness (QED) is 0.319. The molecule has 0 amide bonds. The summed E-state index contributed by atoms with van der Waals surface area (Å²) in [5.41, 5.74) is 0. The lowest BCUT2D eigenvalue weighted by atomic mass is 10.6. The largest absolute Gasteiger partial charge is 0.502 e. The molecule has 0 saturated carbocycles. The zero-order chi connectivity index (χ0) is 6.95. The molecule has 9 heavy (non-hydrogen) atoms. The molecule has 0 aromatic rings. The van der Waals surface area contributed by atoms with Crippen molar-refractivity contribution in [3.8, 4) is 0 Å². The van der Waals surface area contributed by atoms with E-state index in [1.165, 1.54) is 12.3 Å². The first-order valence-electron chi connectivity index (χ1n) is 2.72. The Bertz CT molecular complexity index is 125. The van der Waals surface area contributed by atoms with E-state index in [1.807, 2.05) is 6.92 Å². The minimum atomic E-state index is 0.351. The highest BCUT2D eigenvalue weighted by Crippen LogP contribution is 1.76. The first-order chi connectivity index (χ1) is 4.41. The van der Waals surface area contributed by atoms with E-state index in [4.69, 9.17) is 4.74 Å². The predicted octanol–water partition coefficient (Wildman–Crippen LogP) is 0.872. The van der Waals surface area contributed by atoms with Crippen LogP contribution in [0.5, 0.6) is 0 Å². The van der Waals surface area contributed by atoms with Crippen LogP contribution in [0.1, 0.15) is 6.92 Å². The summed E-state index contributed by atoms with van der Waals surface area (Å²) in [6.07, 6.45) is 4.57. The molecule has 0 aromatic heterocycles. The fraction of sp³-hybridized carbons (Fsp3) is 0.500. The van der Waals surface area contributed by atoms with E-state index in [2.05, 4.69) is 4.99 Å². The van der Waals surface area contributed by atoms with Gasteiger partial charge in [-0.1, -0.05) is 0 Å². The van der Waals surface area contributed by atoms with Crippen molar-refractivity contribution in [3.05, 3.63) is 12.3 Å². The monoisotopic (exact) mass is 127 g/mol. The molecule has 0 atom stereocenters. The molecule has 0 aliphatic heterocycles. The Morgan fingerprint density at radius 3 is 3.11 bits per heavy atom. The van der Waals surface area contributed by atoms with Crippen LogP contribution in [0.15, 0.2) is 17.3 Å². The Kier molecular flexibility index (Phi) is 6.09. The molecular weight excluding hydrogens is 118 g/mol. The molecule has 0 unspecified atom stereocenters. The molecule has 0 aliphatic carbocycles. The molecule has 3 heteroatoms. The molecule has 0 spiro atoms. The first kappa shape index (κ1) is 7.92. The van der Waals surface area contributed by atoms with Crippen molar-refractivity contribution in [1.29, 1.82) is 0 Å². The van der Waals surface area contributed by atoms with Crippen molar-refractivity contribution in [2.24, 2.45) is 4.99 Å². The van der Waals surface area contributed by atoms with Crippen molar-refractivity contribution in [3.63, 3.8) is 0 Å². The summed E-state index contributed by atoms with van der Waals surface area (Å²) in [5, 5.41) is 0. The number of nitrogens with zero attached hydrogens (tertiary/aromatic N) is 1. The Morgan fingerprint density at radius 1 is 1.78 bits per heavy atom. The maximum atomic E-state index is 9.47. The summed E-state index contributed by atoms with van der Waals surface area (Å²) in [6, 6.07) is 0. The molecule has 0 heterocycles. The standard InChI is InChI=1S/C6H9NO2/c1-2-9-5-3-4-7-6-8/h3,5H,2,4H2,1H3. The van der Waals surface area contributed by atoms with Gasteiger partial charge in [0, 0.05) is 0 Å². The Balaban J connectivity index is 3.14. The van der Waals surface area contributed by atoms with Gasteiger partial charge in [-0.25, -0.2) is 9.79 Å². The second-order valence-electron chi connectivity index (χ2n) is 1.26. The lowest BCUT2D eigenvalue weighted by molar-refractivity contribution is 0.268. The number of aliphatic imine (C=N–C) groups is 1. The van der Waals surface area contributed by atoms with Gasteiger partial charge in [-0.15, -0.1) is 0 Å². The second-order valence-corrected chi connectivity index (χ2v) is 1.26. The van der Waals surface area contributed by atoms with E-state index < -0.39 is 0 Å². The second kappa shape index (κ2) is 6.92. The highest BCUT2D eigenvalue weighted by molar-refractivity contribution is 5.33. The van der Waals surface area contributed by atoms with Gasteiger partial charge in [0.05, 0.1) is 19.4 Å². The van der Waals surface area contributed by atoms with Gasteiger partial charge in [-0.3, -0.25) is 0 Å². The number of rotatable bonds is 4. The lowest BCUT2D eigenvalue weighted by Gasteiger charge is -1.88. The Labute approximate surface area is 54.0 Å².